The van der Waals surface area contributed by atoms with Gasteiger partial charge >= 0.3 is 0 Å². The second kappa shape index (κ2) is 8.76. The number of aryl methyl sites for hydroxylation is 1. The van der Waals surface area contributed by atoms with Crippen molar-refractivity contribution in [2.75, 3.05) is 70.3 Å². The van der Waals surface area contributed by atoms with E-state index in [-0.39, 0.29) is 0 Å². The van der Waals surface area contributed by atoms with Crippen LogP contribution in [0.15, 0.2) is 6.07 Å². The zero-order valence-electron chi connectivity index (χ0n) is 12.9. The molecule has 0 aromatic carbocycles. The SMILES string of the molecule is COCCNc1cc(C)nc(NCCN2CCOCC2)n1. The van der Waals surface area contributed by atoms with E-state index in [0.29, 0.717) is 12.6 Å². The molecule has 1 fully saturated rings. The van der Waals surface area contributed by atoms with Crippen LogP contribution in [0.2, 0.25) is 0 Å². The maximum atomic E-state index is 5.34. The van der Waals surface area contributed by atoms with Gasteiger partial charge in [0.25, 0.3) is 0 Å². The third kappa shape index (κ3) is 5.82. The smallest absolute Gasteiger partial charge is 0.224 e. The van der Waals surface area contributed by atoms with Crippen molar-refractivity contribution in [1.29, 1.82) is 0 Å². The van der Waals surface area contributed by atoms with E-state index >= 15 is 0 Å². The van der Waals surface area contributed by atoms with E-state index in [2.05, 4.69) is 25.5 Å². The number of nitrogens with one attached hydrogen (secondary N) is 2. The van der Waals surface area contributed by atoms with Crippen LogP contribution >= 0.6 is 0 Å². The predicted molar refractivity (Wildman–Crippen MR) is 82.9 cm³/mol. The van der Waals surface area contributed by atoms with Gasteiger partial charge in [-0.25, -0.2) is 4.98 Å². The monoisotopic (exact) mass is 295 g/mol. The summed E-state index contributed by atoms with van der Waals surface area (Å²) in [6, 6.07) is 1.93. The van der Waals surface area contributed by atoms with E-state index in [1.165, 1.54) is 0 Å². The first-order valence-electron chi connectivity index (χ1n) is 7.40. The highest BCUT2D eigenvalue weighted by Crippen LogP contribution is 2.09. The number of ether oxygens (including phenoxy) is 2. The summed E-state index contributed by atoms with van der Waals surface area (Å²) in [5.74, 6) is 1.50. The minimum Gasteiger partial charge on any atom is -0.383 e. The van der Waals surface area contributed by atoms with Gasteiger partial charge in [-0.1, -0.05) is 0 Å². The molecule has 1 aliphatic heterocycles. The lowest BCUT2D eigenvalue weighted by molar-refractivity contribution is 0.0398. The largest absolute Gasteiger partial charge is 0.383 e. The fourth-order valence-corrected chi connectivity index (χ4v) is 2.17. The molecule has 7 heteroatoms. The molecule has 7 nitrogen and oxygen atoms in total. The molecule has 21 heavy (non-hydrogen) atoms. The fourth-order valence-electron chi connectivity index (χ4n) is 2.17. The van der Waals surface area contributed by atoms with Crippen molar-refractivity contribution in [1.82, 2.24) is 14.9 Å². The van der Waals surface area contributed by atoms with Crippen LogP contribution in [0.1, 0.15) is 5.69 Å². The van der Waals surface area contributed by atoms with E-state index < -0.39 is 0 Å². The van der Waals surface area contributed by atoms with Crippen LogP contribution in [0.4, 0.5) is 11.8 Å². The molecule has 0 saturated carbocycles. The molecule has 2 N–H and O–H groups in total. The Morgan fingerprint density at radius 3 is 2.81 bits per heavy atom. The minimum absolute atomic E-state index is 0.656. The molecule has 0 radical (unpaired) electrons. The number of rotatable bonds is 8. The van der Waals surface area contributed by atoms with Crippen molar-refractivity contribution in [3.8, 4) is 0 Å². The number of methoxy groups -OCH3 is 1. The summed E-state index contributed by atoms with van der Waals surface area (Å²) in [6.07, 6.45) is 0. The standard InChI is InChI=1S/C14H25N5O2/c1-12-11-13(15-4-8-20-2)18-14(17-12)16-3-5-19-6-9-21-10-7-19/h11H,3-10H2,1-2H3,(H2,15,16,17,18). The molecule has 1 aromatic rings. The van der Waals surface area contributed by atoms with Crippen molar-refractivity contribution >= 4 is 11.8 Å². The van der Waals surface area contributed by atoms with E-state index in [0.717, 1.165) is 57.4 Å². The maximum Gasteiger partial charge on any atom is 0.224 e. The van der Waals surface area contributed by atoms with Crippen molar-refractivity contribution in [2.45, 2.75) is 6.92 Å². The highest BCUT2D eigenvalue weighted by molar-refractivity contribution is 5.42. The third-order valence-electron chi connectivity index (χ3n) is 3.28. The first-order valence-corrected chi connectivity index (χ1v) is 7.40. The average molecular weight is 295 g/mol. The van der Waals surface area contributed by atoms with E-state index in [9.17, 15) is 0 Å². The Balaban J connectivity index is 1.78. The van der Waals surface area contributed by atoms with Gasteiger partial charge in [0.1, 0.15) is 5.82 Å². The Morgan fingerprint density at radius 1 is 1.24 bits per heavy atom. The van der Waals surface area contributed by atoms with E-state index in [4.69, 9.17) is 9.47 Å². The van der Waals surface area contributed by atoms with Crippen molar-refractivity contribution in [3.05, 3.63) is 11.8 Å². The lowest BCUT2D eigenvalue weighted by Gasteiger charge is -2.26. The van der Waals surface area contributed by atoms with Gasteiger partial charge in [-0.15, -0.1) is 0 Å². The van der Waals surface area contributed by atoms with Crippen LogP contribution in [0.3, 0.4) is 0 Å². The quantitative estimate of drug-likeness (QED) is 0.680. The second-order valence-electron chi connectivity index (χ2n) is 5.02. The summed E-state index contributed by atoms with van der Waals surface area (Å²) in [6.45, 7) is 8.83. The molecule has 0 aliphatic carbocycles. The van der Waals surface area contributed by atoms with Crippen LogP contribution in [-0.4, -0.2) is 74.5 Å². The highest BCUT2D eigenvalue weighted by Gasteiger charge is 2.09. The van der Waals surface area contributed by atoms with E-state index in [1.54, 1.807) is 7.11 Å². The van der Waals surface area contributed by atoms with Crippen LogP contribution < -0.4 is 10.6 Å². The zero-order chi connectivity index (χ0) is 14.9. The summed E-state index contributed by atoms with van der Waals surface area (Å²) in [5.41, 5.74) is 0.943. The van der Waals surface area contributed by atoms with Crippen LogP contribution in [0.5, 0.6) is 0 Å². The Hall–Kier alpha value is -1.44. The number of anilines is 2. The molecular formula is C14H25N5O2. The number of morpholine rings is 1. The molecule has 118 valence electrons. The van der Waals surface area contributed by atoms with Gasteiger partial charge < -0.3 is 20.1 Å². The molecule has 0 bridgehead atoms. The second-order valence-corrected chi connectivity index (χ2v) is 5.02. The van der Waals surface area contributed by atoms with Crippen LogP contribution in [0.25, 0.3) is 0 Å². The first kappa shape index (κ1) is 15.9. The third-order valence-corrected chi connectivity index (χ3v) is 3.28. The fraction of sp³-hybridized carbons (Fsp3) is 0.714. The van der Waals surface area contributed by atoms with Gasteiger partial charge in [-0.3, -0.25) is 4.90 Å². The van der Waals surface area contributed by atoms with Gasteiger partial charge in [-0.05, 0) is 6.92 Å². The van der Waals surface area contributed by atoms with Crippen LogP contribution in [-0.2, 0) is 9.47 Å². The Morgan fingerprint density at radius 2 is 2.05 bits per heavy atom. The molecule has 0 amide bonds. The Labute approximate surface area is 126 Å². The van der Waals surface area contributed by atoms with Crippen LogP contribution in [0, 0.1) is 6.92 Å². The van der Waals surface area contributed by atoms with Crippen molar-refractivity contribution in [2.24, 2.45) is 0 Å². The maximum absolute atomic E-state index is 5.34. The molecule has 0 atom stereocenters. The number of nitrogens with zero attached hydrogens (tertiary/aromatic N) is 3. The predicted octanol–water partition coefficient (Wildman–Crippen LogP) is 0.587. The molecule has 1 aromatic heterocycles. The number of hydrogen-bond donors (Lipinski definition) is 2. The summed E-state index contributed by atoms with van der Waals surface area (Å²) < 4.78 is 10.4. The Bertz CT molecular complexity index is 424. The summed E-state index contributed by atoms with van der Waals surface area (Å²) in [4.78, 5) is 11.2. The minimum atomic E-state index is 0.656. The molecule has 0 spiro atoms. The van der Waals surface area contributed by atoms with Gasteiger partial charge in [0.2, 0.25) is 5.95 Å². The lowest BCUT2D eigenvalue weighted by atomic mass is 10.4. The summed E-state index contributed by atoms with van der Waals surface area (Å²) in [7, 11) is 1.69. The van der Waals surface area contributed by atoms with Gasteiger partial charge in [0.05, 0.1) is 19.8 Å². The number of hydrogen-bond acceptors (Lipinski definition) is 7. The number of aromatic nitrogens is 2. The molecule has 1 saturated heterocycles. The van der Waals surface area contributed by atoms with Gasteiger partial charge in [0.15, 0.2) is 0 Å². The van der Waals surface area contributed by atoms with Crippen molar-refractivity contribution < 1.29 is 9.47 Å². The molecule has 2 heterocycles. The summed E-state index contributed by atoms with van der Waals surface area (Å²) in [5, 5.41) is 6.51. The van der Waals surface area contributed by atoms with Gasteiger partial charge in [-0.2, -0.15) is 4.98 Å². The topological polar surface area (TPSA) is 71.5 Å². The highest BCUT2D eigenvalue weighted by atomic mass is 16.5. The Kier molecular flexibility index (Phi) is 6.65. The molecule has 1 aliphatic rings. The zero-order valence-corrected chi connectivity index (χ0v) is 12.9. The van der Waals surface area contributed by atoms with E-state index in [1.807, 2.05) is 13.0 Å². The van der Waals surface area contributed by atoms with Crippen molar-refractivity contribution in [3.63, 3.8) is 0 Å². The molecular weight excluding hydrogens is 270 g/mol. The molecule has 0 unspecified atom stereocenters. The molecule has 2 rings (SSSR count). The van der Waals surface area contributed by atoms with Gasteiger partial charge in [0, 0.05) is 51.6 Å². The summed E-state index contributed by atoms with van der Waals surface area (Å²) >= 11 is 0. The normalized spacial score (nSPS) is 15.9. The lowest BCUT2D eigenvalue weighted by Crippen LogP contribution is -2.39. The first-order chi connectivity index (χ1) is 10.3. The average Bonchev–Trinajstić information content (AvgIpc) is 2.48.